The van der Waals surface area contributed by atoms with Gasteiger partial charge < -0.3 is 4.74 Å². The second-order valence-corrected chi connectivity index (χ2v) is 6.12. The normalized spacial score (nSPS) is 29.3. The SMILES string of the molecule is CC1CCC(COC2=CCC=C(Br)C=C2)CC1. The fourth-order valence-electron chi connectivity index (χ4n) is 2.40. The van der Waals surface area contributed by atoms with Gasteiger partial charge in [0, 0.05) is 4.48 Å². The topological polar surface area (TPSA) is 9.23 Å². The average Bonchev–Trinajstić information content (AvgIpc) is 2.54. The Morgan fingerprint density at radius 1 is 1.18 bits per heavy atom. The number of ether oxygens (including phenoxy) is 1. The van der Waals surface area contributed by atoms with E-state index in [2.05, 4.69) is 47.2 Å². The molecule has 0 radical (unpaired) electrons. The molecule has 0 aromatic heterocycles. The Labute approximate surface area is 113 Å². The van der Waals surface area contributed by atoms with E-state index in [4.69, 9.17) is 4.74 Å². The smallest absolute Gasteiger partial charge is 0.115 e. The quantitative estimate of drug-likeness (QED) is 0.716. The van der Waals surface area contributed by atoms with Crippen LogP contribution >= 0.6 is 15.9 Å². The molecule has 2 rings (SSSR count). The predicted molar refractivity (Wildman–Crippen MR) is 75.9 cm³/mol. The highest BCUT2D eigenvalue weighted by atomic mass is 79.9. The molecule has 2 aliphatic carbocycles. The van der Waals surface area contributed by atoms with Crippen LogP contribution < -0.4 is 0 Å². The van der Waals surface area contributed by atoms with Crippen LogP contribution in [0.2, 0.25) is 0 Å². The molecule has 2 aliphatic rings. The van der Waals surface area contributed by atoms with Gasteiger partial charge in [-0.1, -0.05) is 41.8 Å². The molecular weight excluding hydrogens is 276 g/mol. The van der Waals surface area contributed by atoms with E-state index in [9.17, 15) is 0 Å². The summed E-state index contributed by atoms with van der Waals surface area (Å²) in [6, 6.07) is 0. The molecule has 0 heterocycles. The monoisotopic (exact) mass is 296 g/mol. The van der Waals surface area contributed by atoms with Crippen LogP contribution in [0.1, 0.15) is 39.0 Å². The van der Waals surface area contributed by atoms with Crippen molar-refractivity contribution in [2.45, 2.75) is 39.0 Å². The molecule has 0 amide bonds. The largest absolute Gasteiger partial charge is 0.494 e. The zero-order valence-electron chi connectivity index (χ0n) is 10.5. The van der Waals surface area contributed by atoms with Crippen molar-refractivity contribution in [1.29, 1.82) is 0 Å². The Morgan fingerprint density at radius 3 is 2.71 bits per heavy atom. The van der Waals surface area contributed by atoms with Crippen molar-refractivity contribution >= 4 is 15.9 Å². The van der Waals surface area contributed by atoms with E-state index in [0.29, 0.717) is 0 Å². The molecule has 0 bridgehead atoms. The minimum atomic E-state index is 0.764. The van der Waals surface area contributed by atoms with Crippen LogP contribution in [0.25, 0.3) is 0 Å². The summed E-state index contributed by atoms with van der Waals surface area (Å²) < 4.78 is 7.04. The average molecular weight is 297 g/mol. The van der Waals surface area contributed by atoms with E-state index in [1.807, 2.05) is 0 Å². The summed E-state index contributed by atoms with van der Waals surface area (Å²) in [6.45, 7) is 3.25. The van der Waals surface area contributed by atoms with Crippen molar-refractivity contribution in [2.24, 2.45) is 11.8 Å². The van der Waals surface area contributed by atoms with Gasteiger partial charge in [0.25, 0.3) is 0 Å². The van der Waals surface area contributed by atoms with Gasteiger partial charge >= 0.3 is 0 Å². The number of hydrogen-bond donors (Lipinski definition) is 0. The molecule has 1 fully saturated rings. The van der Waals surface area contributed by atoms with Crippen LogP contribution in [0.3, 0.4) is 0 Å². The van der Waals surface area contributed by atoms with Gasteiger partial charge in [-0.15, -0.1) is 0 Å². The molecule has 1 saturated carbocycles. The molecule has 0 N–H and O–H groups in total. The third-order valence-electron chi connectivity index (χ3n) is 3.66. The van der Waals surface area contributed by atoms with E-state index in [1.165, 1.54) is 25.7 Å². The predicted octanol–water partition coefficient (Wildman–Crippen LogP) is 4.95. The van der Waals surface area contributed by atoms with Crippen molar-refractivity contribution in [2.75, 3.05) is 6.61 Å². The van der Waals surface area contributed by atoms with Gasteiger partial charge in [-0.3, -0.25) is 0 Å². The first-order chi connectivity index (χ1) is 8.24. The van der Waals surface area contributed by atoms with Crippen LogP contribution in [0.4, 0.5) is 0 Å². The van der Waals surface area contributed by atoms with Crippen LogP contribution in [0.5, 0.6) is 0 Å². The Balaban J connectivity index is 1.75. The molecule has 0 atom stereocenters. The first-order valence-electron chi connectivity index (χ1n) is 6.60. The lowest BCUT2D eigenvalue weighted by molar-refractivity contribution is 0.137. The highest BCUT2D eigenvalue weighted by molar-refractivity contribution is 9.11. The summed E-state index contributed by atoms with van der Waals surface area (Å²) in [4.78, 5) is 0. The van der Waals surface area contributed by atoms with Crippen molar-refractivity contribution in [1.82, 2.24) is 0 Å². The molecule has 2 heteroatoms. The summed E-state index contributed by atoms with van der Waals surface area (Å²) in [5.74, 6) is 2.71. The lowest BCUT2D eigenvalue weighted by Crippen LogP contribution is -2.17. The maximum absolute atomic E-state index is 5.91. The summed E-state index contributed by atoms with van der Waals surface area (Å²) in [7, 11) is 0. The number of halogens is 1. The second kappa shape index (κ2) is 6.44. The minimum absolute atomic E-state index is 0.764. The van der Waals surface area contributed by atoms with Crippen molar-refractivity contribution in [3.8, 4) is 0 Å². The molecule has 0 unspecified atom stereocenters. The maximum atomic E-state index is 5.91. The van der Waals surface area contributed by atoms with Gasteiger partial charge in [0.15, 0.2) is 0 Å². The Bertz CT molecular complexity index is 333. The first-order valence-corrected chi connectivity index (χ1v) is 7.40. The van der Waals surface area contributed by atoms with Crippen LogP contribution in [0, 0.1) is 11.8 Å². The van der Waals surface area contributed by atoms with E-state index in [1.54, 1.807) is 0 Å². The fraction of sp³-hybridized carbons (Fsp3) is 0.600. The minimum Gasteiger partial charge on any atom is -0.494 e. The Kier molecular flexibility index (Phi) is 4.90. The lowest BCUT2D eigenvalue weighted by atomic mass is 9.83. The van der Waals surface area contributed by atoms with Gasteiger partial charge in [0.05, 0.1) is 6.61 Å². The molecule has 1 nitrogen and oxygen atoms in total. The maximum Gasteiger partial charge on any atom is 0.115 e. The number of allylic oxidation sites excluding steroid dienone is 5. The molecule has 0 spiro atoms. The molecule has 94 valence electrons. The summed E-state index contributed by atoms with van der Waals surface area (Å²) in [6.07, 6.45) is 14.8. The fourth-order valence-corrected chi connectivity index (χ4v) is 2.72. The Morgan fingerprint density at radius 2 is 1.94 bits per heavy atom. The number of rotatable bonds is 3. The second-order valence-electron chi connectivity index (χ2n) is 5.20. The third-order valence-corrected chi connectivity index (χ3v) is 4.25. The van der Waals surface area contributed by atoms with Crippen molar-refractivity contribution in [3.63, 3.8) is 0 Å². The molecule has 17 heavy (non-hydrogen) atoms. The van der Waals surface area contributed by atoms with Crippen LogP contribution in [-0.2, 0) is 4.74 Å². The van der Waals surface area contributed by atoms with Crippen LogP contribution in [0.15, 0.2) is 34.5 Å². The highest BCUT2D eigenvalue weighted by Crippen LogP contribution is 2.29. The zero-order valence-corrected chi connectivity index (χ0v) is 12.1. The summed E-state index contributed by atoms with van der Waals surface area (Å²) in [5, 5.41) is 0. The molecule has 0 aromatic carbocycles. The van der Waals surface area contributed by atoms with Gasteiger partial charge in [-0.25, -0.2) is 0 Å². The van der Waals surface area contributed by atoms with E-state index in [0.717, 1.165) is 35.1 Å². The first kappa shape index (κ1) is 12.9. The zero-order chi connectivity index (χ0) is 12.1. The number of hydrogen-bond acceptors (Lipinski definition) is 1. The summed E-state index contributed by atoms with van der Waals surface area (Å²) >= 11 is 3.49. The van der Waals surface area contributed by atoms with Gasteiger partial charge in [-0.05, 0) is 49.3 Å². The van der Waals surface area contributed by atoms with E-state index < -0.39 is 0 Å². The third kappa shape index (κ3) is 4.34. The molecule has 0 saturated heterocycles. The molecular formula is C15H21BrO. The van der Waals surface area contributed by atoms with Gasteiger partial charge in [0.2, 0.25) is 0 Å². The lowest BCUT2D eigenvalue weighted by Gasteiger charge is -2.26. The van der Waals surface area contributed by atoms with Crippen molar-refractivity contribution in [3.05, 3.63) is 34.5 Å². The molecule has 0 aliphatic heterocycles. The van der Waals surface area contributed by atoms with Gasteiger partial charge in [0.1, 0.15) is 5.76 Å². The van der Waals surface area contributed by atoms with E-state index >= 15 is 0 Å². The highest BCUT2D eigenvalue weighted by Gasteiger charge is 2.18. The van der Waals surface area contributed by atoms with Crippen LogP contribution in [-0.4, -0.2) is 6.61 Å². The van der Waals surface area contributed by atoms with E-state index in [-0.39, 0.29) is 0 Å². The Hall–Kier alpha value is -0.500. The summed E-state index contributed by atoms with van der Waals surface area (Å²) in [5.41, 5.74) is 0. The standard InChI is InChI=1S/C15H21BrO/c1-12-5-7-13(8-6-12)11-17-15-4-2-3-14(16)9-10-15/h3-4,9-10,12-13H,2,5-8,11H2,1H3. The molecule has 0 aromatic rings. The van der Waals surface area contributed by atoms with Gasteiger partial charge in [-0.2, -0.15) is 0 Å². The van der Waals surface area contributed by atoms with Crippen molar-refractivity contribution < 1.29 is 4.74 Å².